The molecule has 0 atom stereocenters. The number of nitrogens with one attached hydrogen (secondary N) is 2. The van der Waals surface area contributed by atoms with Crippen molar-refractivity contribution >= 4 is 17.1 Å². The van der Waals surface area contributed by atoms with E-state index in [1.54, 1.807) is 0 Å². The van der Waals surface area contributed by atoms with Crippen LogP contribution in [0.25, 0.3) is 0 Å². The summed E-state index contributed by atoms with van der Waals surface area (Å²) < 4.78 is 0. The minimum atomic E-state index is 0.603. The number of hydrogen-bond acceptors (Lipinski definition) is 2. The smallest absolute Gasteiger partial charge is 0.0385 e. The quantitative estimate of drug-likeness (QED) is 0.395. The molecule has 0 aliphatic rings. The Labute approximate surface area is 154 Å². The van der Waals surface area contributed by atoms with Crippen molar-refractivity contribution < 1.29 is 0 Å². The van der Waals surface area contributed by atoms with E-state index in [1.165, 1.54) is 57.1 Å². The monoisotopic (exact) mass is 338 g/mol. The maximum atomic E-state index is 3.76. The first-order valence-corrected chi connectivity index (χ1v) is 10.0. The van der Waals surface area contributed by atoms with Gasteiger partial charge in [-0.2, -0.15) is 0 Å². The van der Waals surface area contributed by atoms with Gasteiger partial charge >= 0.3 is 0 Å². The molecule has 2 aromatic carbocycles. The van der Waals surface area contributed by atoms with E-state index >= 15 is 0 Å². The summed E-state index contributed by atoms with van der Waals surface area (Å²) in [5.74, 6) is 0. The van der Waals surface area contributed by atoms with Crippen LogP contribution in [0.4, 0.5) is 17.1 Å². The van der Waals surface area contributed by atoms with Crippen LogP contribution in [-0.2, 0) is 0 Å². The maximum Gasteiger partial charge on any atom is 0.0385 e. The Bertz CT molecular complexity index is 552. The minimum Gasteiger partial charge on any atom is -0.382 e. The highest BCUT2D eigenvalue weighted by Gasteiger charge is 2.08. The molecule has 2 aromatic rings. The summed E-state index contributed by atoms with van der Waals surface area (Å²) in [5.41, 5.74) is 3.49. The SMILES string of the molecule is CCCCCC(CCCCC)Nc1ccc(Nc2ccccc2)cc1. The number of para-hydroxylation sites is 1. The van der Waals surface area contributed by atoms with Crippen molar-refractivity contribution in [2.45, 2.75) is 71.3 Å². The highest BCUT2D eigenvalue weighted by molar-refractivity contribution is 5.62. The molecule has 25 heavy (non-hydrogen) atoms. The van der Waals surface area contributed by atoms with Gasteiger partial charge in [-0.05, 0) is 49.2 Å². The van der Waals surface area contributed by atoms with Crippen molar-refractivity contribution in [2.75, 3.05) is 10.6 Å². The molecule has 0 bridgehead atoms. The Morgan fingerprint density at radius 3 is 1.72 bits per heavy atom. The fraction of sp³-hybridized carbons (Fsp3) is 0.478. The van der Waals surface area contributed by atoms with Gasteiger partial charge in [-0.25, -0.2) is 0 Å². The van der Waals surface area contributed by atoms with Crippen LogP contribution in [0.2, 0.25) is 0 Å². The van der Waals surface area contributed by atoms with Gasteiger partial charge < -0.3 is 10.6 Å². The second-order valence-corrected chi connectivity index (χ2v) is 6.90. The predicted octanol–water partition coefficient (Wildman–Crippen LogP) is 7.37. The lowest BCUT2D eigenvalue weighted by Gasteiger charge is -2.20. The molecule has 0 fully saturated rings. The lowest BCUT2D eigenvalue weighted by atomic mass is 10.0. The zero-order valence-corrected chi connectivity index (χ0v) is 15.9. The van der Waals surface area contributed by atoms with E-state index in [0.717, 1.165) is 11.4 Å². The van der Waals surface area contributed by atoms with Crippen molar-refractivity contribution in [3.05, 3.63) is 54.6 Å². The van der Waals surface area contributed by atoms with Crippen LogP contribution in [0.3, 0.4) is 0 Å². The molecule has 136 valence electrons. The highest BCUT2D eigenvalue weighted by atomic mass is 14.9. The molecule has 2 rings (SSSR count). The second kappa shape index (κ2) is 11.6. The fourth-order valence-corrected chi connectivity index (χ4v) is 3.14. The molecule has 0 amide bonds. The highest BCUT2D eigenvalue weighted by Crippen LogP contribution is 2.21. The van der Waals surface area contributed by atoms with Gasteiger partial charge in [0.05, 0.1) is 0 Å². The van der Waals surface area contributed by atoms with Crippen LogP contribution in [0.15, 0.2) is 54.6 Å². The van der Waals surface area contributed by atoms with Crippen molar-refractivity contribution in [1.29, 1.82) is 0 Å². The summed E-state index contributed by atoms with van der Waals surface area (Å²) in [6.07, 6.45) is 10.5. The first-order valence-electron chi connectivity index (χ1n) is 10.0. The molecular formula is C23H34N2. The van der Waals surface area contributed by atoms with E-state index < -0.39 is 0 Å². The largest absolute Gasteiger partial charge is 0.382 e. The van der Waals surface area contributed by atoms with Gasteiger partial charge in [0.1, 0.15) is 0 Å². The van der Waals surface area contributed by atoms with Crippen molar-refractivity contribution in [1.82, 2.24) is 0 Å². The van der Waals surface area contributed by atoms with Gasteiger partial charge in [-0.3, -0.25) is 0 Å². The second-order valence-electron chi connectivity index (χ2n) is 6.90. The third kappa shape index (κ3) is 7.64. The average molecular weight is 339 g/mol. The van der Waals surface area contributed by atoms with E-state index in [2.05, 4.69) is 73.0 Å². The van der Waals surface area contributed by atoms with Crippen LogP contribution in [0.5, 0.6) is 0 Å². The number of benzene rings is 2. The van der Waals surface area contributed by atoms with Gasteiger partial charge in [-0.1, -0.05) is 70.6 Å². The summed E-state index contributed by atoms with van der Waals surface area (Å²) in [5, 5.41) is 7.20. The first-order chi connectivity index (χ1) is 12.3. The molecule has 2 N–H and O–H groups in total. The van der Waals surface area contributed by atoms with E-state index in [1.807, 2.05) is 6.07 Å². The normalized spacial score (nSPS) is 10.8. The van der Waals surface area contributed by atoms with Crippen molar-refractivity contribution in [3.8, 4) is 0 Å². The van der Waals surface area contributed by atoms with E-state index in [0.29, 0.717) is 6.04 Å². The summed E-state index contributed by atoms with van der Waals surface area (Å²) in [7, 11) is 0. The molecule has 0 radical (unpaired) electrons. The van der Waals surface area contributed by atoms with Crippen molar-refractivity contribution in [3.63, 3.8) is 0 Å². The molecular weight excluding hydrogens is 304 g/mol. The number of anilines is 3. The van der Waals surface area contributed by atoms with Gasteiger partial charge in [0.15, 0.2) is 0 Å². The fourth-order valence-electron chi connectivity index (χ4n) is 3.14. The zero-order valence-electron chi connectivity index (χ0n) is 15.9. The summed E-state index contributed by atoms with van der Waals surface area (Å²) >= 11 is 0. The Kier molecular flexibility index (Phi) is 8.96. The predicted molar refractivity (Wildman–Crippen MR) is 112 cm³/mol. The summed E-state index contributed by atoms with van der Waals surface area (Å²) in [6.45, 7) is 4.55. The van der Waals surface area contributed by atoms with E-state index in [-0.39, 0.29) is 0 Å². The molecule has 0 heterocycles. The van der Waals surface area contributed by atoms with Gasteiger partial charge in [0.2, 0.25) is 0 Å². The lowest BCUT2D eigenvalue weighted by molar-refractivity contribution is 0.526. The molecule has 0 saturated heterocycles. The van der Waals surface area contributed by atoms with E-state index in [9.17, 15) is 0 Å². The van der Waals surface area contributed by atoms with Crippen LogP contribution < -0.4 is 10.6 Å². The van der Waals surface area contributed by atoms with Gasteiger partial charge in [0.25, 0.3) is 0 Å². The van der Waals surface area contributed by atoms with Crippen LogP contribution in [0.1, 0.15) is 65.2 Å². The average Bonchev–Trinajstić information content (AvgIpc) is 2.64. The van der Waals surface area contributed by atoms with Gasteiger partial charge in [-0.15, -0.1) is 0 Å². The first kappa shape index (κ1) is 19.4. The maximum absolute atomic E-state index is 3.76. The number of rotatable bonds is 12. The number of unbranched alkanes of at least 4 members (excludes halogenated alkanes) is 4. The third-order valence-electron chi connectivity index (χ3n) is 4.63. The molecule has 0 saturated carbocycles. The van der Waals surface area contributed by atoms with Gasteiger partial charge in [0, 0.05) is 23.1 Å². The molecule has 0 spiro atoms. The van der Waals surface area contributed by atoms with E-state index in [4.69, 9.17) is 0 Å². The Morgan fingerprint density at radius 2 is 1.16 bits per heavy atom. The molecule has 0 unspecified atom stereocenters. The molecule has 0 aliphatic carbocycles. The molecule has 2 heteroatoms. The third-order valence-corrected chi connectivity index (χ3v) is 4.63. The summed E-state index contributed by atoms with van der Waals surface area (Å²) in [6, 6.07) is 19.6. The summed E-state index contributed by atoms with van der Waals surface area (Å²) in [4.78, 5) is 0. The molecule has 2 nitrogen and oxygen atoms in total. The Hall–Kier alpha value is -1.96. The zero-order chi connectivity index (χ0) is 17.7. The molecule has 0 aromatic heterocycles. The van der Waals surface area contributed by atoms with Crippen LogP contribution in [-0.4, -0.2) is 6.04 Å². The number of hydrogen-bond donors (Lipinski definition) is 2. The Balaban J connectivity index is 1.88. The lowest BCUT2D eigenvalue weighted by Crippen LogP contribution is -2.19. The van der Waals surface area contributed by atoms with Crippen LogP contribution >= 0.6 is 0 Å². The minimum absolute atomic E-state index is 0.603. The van der Waals surface area contributed by atoms with Crippen LogP contribution in [0, 0.1) is 0 Å². The van der Waals surface area contributed by atoms with Crippen molar-refractivity contribution in [2.24, 2.45) is 0 Å². The Morgan fingerprint density at radius 1 is 0.640 bits per heavy atom. The topological polar surface area (TPSA) is 24.1 Å². The molecule has 0 aliphatic heterocycles. The standard InChI is InChI=1S/C23H34N2/c1-3-5-8-12-20(13-9-6-4-2)24-22-16-18-23(19-17-22)25-21-14-10-7-11-15-21/h7,10-11,14-20,24-25H,3-6,8-9,12-13H2,1-2H3.